The molecular formula is C12H12ClN3O2S. The lowest BCUT2D eigenvalue weighted by Gasteiger charge is -2.14. The van der Waals surface area contributed by atoms with E-state index in [0.29, 0.717) is 15.1 Å². The van der Waals surface area contributed by atoms with Gasteiger partial charge in [-0.3, -0.25) is 4.79 Å². The van der Waals surface area contributed by atoms with Gasteiger partial charge < -0.3 is 15.8 Å². The van der Waals surface area contributed by atoms with E-state index in [4.69, 9.17) is 22.1 Å². The minimum atomic E-state index is -0.718. The highest BCUT2D eigenvalue weighted by molar-refractivity contribution is 7.16. The molecule has 0 fully saturated rings. The first-order valence-corrected chi connectivity index (χ1v) is 6.60. The predicted molar refractivity (Wildman–Crippen MR) is 75.7 cm³/mol. The fourth-order valence-electron chi connectivity index (χ4n) is 1.53. The number of halogens is 1. The van der Waals surface area contributed by atoms with Crippen molar-refractivity contribution in [1.29, 1.82) is 0 Å². The number of ether oxygens (including phenoxy) is 1. The van der Waals surface area contributed by atoms with E-state index in [9.17, 15) is 4.79 Å². The van der Waals surface area contributed by atoms with Gasteiger partial charge in [-0.2, -0.15) is 0 Å². The number of carbonyl (C=O) groups excluding carboxylic acids is 1. The van der Waals surface area contributed by atoms with Gasteiger partial charge in [-0.1, -0.05) is 17.7 Å². The molecule has 0 saturated heterocycles. The number of nitrogens with one attached hydrogen (secondary N) is 1. The predicted octanol–water partition coefficient (Wildman–Crippen LogP) is 2.44. The topological polar surface area (TPSA) is 77.2 Å². The first-order valence-electron chi connectivity index (χ1n) is 5.41. The molecule has 0 aliphatic rings. The molecule has 2 rings (SSSR count). The molecule has 0 spiro atoms. The molecule has 1 amide bonds. The summed E-state index contributed by atoms with van der Waals surface area (Å²) in [5.74, 6) is 0.166. The van der Waals surface area contributed by atoms with Crippen LogP contribution in [0.15, 0.2) is 30.5 Å². The number of primary amides is 1. The summed E-state index contributed by atoms with van der Waals surface area (Å²) in [6, 6.07) is 6.49. The summed E-state index contributed by atoms with van der Waals surface area (Å²) in [5, 5.41) is 3.55. The zero-order valence-corrected chi connectivity index (χ0v) is 11.7. The number of anilines is 1. The number of hydrogen-bond acceptors (Lipinski definition) is 5. The van der Waals surface area contributed by atoms with Gasteiger partial charge in [0.15, 0.2) is 6.04 Å². The number of thiazole rings is 1. The van der Waals surface area contributed by atoms with Crippen molar-refractivity contribution in [1.82, 2.24) is 4.98 Å². The molecule has 5 nitrogen and oxygen atoms in total. The van der Waals surface area contributed by atoms with Crippen LogP contribution in [0.5, 0.6) is 5.75 Å². The molecule has 1 aromatic carbocycles. The number of nitrogens with zero attached hydrogens (tertiary/aromatic N) is 1. The van der Waals surface area contributed by atoms with Crippen molar-refractivity contribution < 1.29 is 9.53 Å². The summed E-state index contributed by atoms with van der Waals surface area (Å²) in [6.45, 7) is 0. The monoisotopic (exact) mass is 297 g/mol. The zero-order valence-electron chi connectivity index (χ0n) is 10.1. The minimum absolute atomic E-state index is 0.508. The quantitative estimate of drug-likeness (QED) is 0.888. The average molecular weight is 298 g/mol. The van der Waals surface area contributed by atoms with Gasteiger partial charge in [0.2, 0.25) is 5.91 Å². The Kier molecular flexibility index (Phi) is 4.24. The molecule has 19 heavy (non-hydrogen) atoms. The molecule has 100 valence electrons. The number of amides is 1. The number of hydrogen-bond donors (Lipinski definition) is 2. The lowest BCUT2D eigenvalue weighted by Crippen LogP contribution is -2.27. The highest BCUT2D eigenvalue weighted by atomic mass is 35.5. The molecule has 3 N–H and O–H groups in total. The Hall–Kier alpha value is -1.79. The first kappa shape index (κ1) is 13.6. The molecule has 0 bridgehead atoms. The Balaban J connectivity index is 2.23. The van der Waals surface area contributed by atoms with Gasteiger partial charge in [0.05, 0.1) is 13.3 Å². The molecule has 0 radical (unpaired) electrons. The second-order valence-corrected chi connectivity index (χ2v) is 5.41. The van der Waals surface area contributed by atoms with Crippen LogP contribution in [-0.4, -0.2) is 18.0 Å². The molecule has 1 atom stereocenters. The third kappa shape index (κ3) is 3.36. The molecule has 1 unspecified atom stereocenters. The summed E-state index contributed by atoms with van der Waals surface area (Å²) >= 11 is 7.03. The van der Waals surface area contributed by atoms with Crippen molar-refractivity contribution in [2.45, 2.75) is 6.04 Å². The molecule has 2 aromatic rings. The average Bonchev–Trinajstić information content (AvgIpc) is 2.82. The molecule has 0 saturated carbocycles. The summed E-state index contributed by atoms with van der Waals surface area (Å²) in [4.78, 5) is 15.6. The van der Waals surface area contributed by atoms with Gasteiger partial charge in [0, 0.05) is 11.8 Å². The first-order chi connectivity index (χ1) is 9.10. The number of benzene rings is 1. The van der Waals surface area contributed by atoms with Gasteiger partial charge in [-0.25, -0.2) is 4.98 Å². The molecular weight excluding hydrogens is 286 g/mol. The second kappa shape index (κ2) is 5.90. The lowest BCUT2D eigenvalue weighted by atomic mass is 10.2. The maximum absolute atomic E-state index is 11.5. The SMILES string of the molecule is COc1cccc(NC(C(N)=O)c2ncc(Cl)s2)c1. The number of methoxy groups -OCH3 is 1. The van der Waals surface area contributed by atoms with E-state index in [1.165, 1.54) is 17.5 Å². The van der Waals surface area contributed by atoms with Gasteiger partial charge >= 0.3 is 0 Å². The summed E-state index contributed by atoms with van der Waals surface area (Å²) in [6.07, 6.45) is 1.49. The van der Waals surface area contributed by atoms with Gasteiger partial charge in [0.25, 0.3) is 0 Å². The minimum Gasteiger partial charge on any atom is -0.497 e. The normalized spacial score (nSPS) is 11.9. The highest BCUT2D eigenvalue weighted by Gasteiger charge is 2.21. The van der Waals surface area contributed by atoms with Gasteiger partial charge in [0.1, 0.15) is 15.1 Å². The summed E-state index contributed by atoms with van der Waals surface area (Å²) in [5.41, 5.74) is 6.10. The van der Waals surface area contributed by atoms with Crippen molar-refractivity contribution in [2.75, 3.05) is 12.4 Å². The number of rotatable bonds is 5. The van der Waals surface area contributed by atoms with Crippen LogP contribution in [0.3, 0.4) is 0 Å². The Morgan fingerprint density at radius 2 is 2.37 bits per heavy atom. The fraction of sp³-hybridized carbons (Fsp3) is 0.167. The third-order valence-corrected chi connectivity index (χ3v) is 3.59. The number of carbonyl (C=O) groups is 1. The second-order valence-electron chi connectivity index (χ2n) is 3.71. The Bertz CT molecular complexity index is 588. The molecule has 7 heteroatoms. The van der Waals surface area contributed by atoms with Crippen LogP contribution in [-0.2, 0) is 4.79 Å². The van der Waals surface area contributed by atoms with Crippen LogP contribution >= 0.6 is 22.9 Å². The maximum Gasteiger partial charge on any atom is 0.247 e. The maximum atomic E-state index is 11.5. The number of aromatic nitrogens is 1. The van der Waals surface area contributed by atoms with E-state index in [1.54, 1.807) is 13.2 Å². The largest absolute Gasteiger partial charge is 0.497 e. The molecule has 0 aliphatic heterocycles. The summed E-state index contributed by atoms with van der Waals surface area (Å²) in [7, 11) is 1.57. The molecule has 1 aromatic heterocycles. The van der Waals surface area contributed by atoms with Crippen molar-refractivity contribution in [3.63, 3.8) is 0 Å². The Morgan fingerprint density at radius 3 is 2.95 bits per heavy atom. The van der Waals surface area contributed by atoms with Crippen LogP contribution in [0.4, 0.5) is 5.69 Å². The Morgan fingerprint density at radius 1 is 1.58 bits per heavy atom. The van der Waals surface area contributed by atoms with E-state index in [0.717, 1.165) is 5.69 Å². The van der Waals surface area contributed by atoms with Crippen molar-refractivity contribution in [2.24, 2.45) is 5.73 Å². The summed E-state index contributed by atoms with van der Waals surface area (Å²) < 4.78 is 5.62. The van der Waals surface area contributed by atoms with Gasteiger partial charge in [-0.15, -0.1) is 11.3 Å². The molecule has 1 heterocycles. The third-order valence-electron chi connectivity index (χ3n) is 2.41. The number of nitrogens with two attached hydrogens (primary N) is 1. The van der Waals surface area contributed by atoms with Crippen molar-refractivity contribution >= 4 is 34.5 Å². The zero-order chi connectivity index (χ0) is 13.8. The highest BCUT2D eigenvalue weighted by Crippen LogP contribution is 2.27. The van der Waals surface area contributed by atoms with Crippen molar-refractivity contribution in [3.8, 4) is 5.75 Å². The van der Waals surface area contributed by atoms with E-state index in [2.05, 4.69) is 10.3 Å². The van der Waals surface area contributed by atoms with Crippen LogP contribution in [0.2, 0.25) is 4.34 Å². The van der Waals surface area contributed by atoms with E-state index in [1.807, 2.05) is 18.2 Å². The van der Waals surface area contributed by atoms with Crippen LogP contribution in [0, 0.1) is 0 Å². The van der Waals surface area contributed by atoms with Gasteiger partial charge in [-0.05, 0) is 12.1 Å². The van der Waals surface area contributed by atoms with E-state index in [-0.39, 0.29) is 0 Å². The smallest absolute Gasteiger partial charge is 0.247 e. The van der Waals surface area contributed by atoms with Crippen LogP contribution in [0.1, 0.15) is 11.0 Å². The molecule has 0 aliphatic carbocycles. The van der Waals surface area contributed by atoms with E-state index >= 15 is 0 Å². The van der Waals surface area contributed by atoms with Crippen LogP contribution in [0.25, 0.3) is 0 Å². The van der Waals surface area contributed by atoms with Crippen LogP contribution < -0.4 is 15.8 Å². The Labute approximate surface area is 119 Å². The standard InChI is InChI=1S/C12H12ClN3O2S/c1-18-8-4-2-3-7(5-8)16-10(11(14)17)12-15-6-9(13)19-12/h2-6,10,16H,1H3,(H2,14,17). The van der Waals surface area contributed by atoms with Crippen molar-refractivity contribution in [3.05, 3.63) is 39.8 Å². The van der Waals surface area contributed by atoms with E-state index < -0.39 is 11.9 Å². The lowest BCUT2D eigenvalue weighted by molar-refractivity contribution is -0.118. The fourth-order valence-corrected chi connectivity index (χ4v) is 2.52.